The molecule has 0 unspecified atom stereocenters. The third-order valence-corrected chi connectivity index (χ3v) is 3.35. The van der Waals surface area contributed by atoms with Crippen molar-refractivity contribution < 1.29 is 18.9 Å². The Balaban J connectivity index is 2.91. The lowest BCUT2D eigenvalue weighted by Gasteiger charge is -2.09. The van der Waals surface area contributed by atoms with Crippen molar-refractivity contribution in [1.29, 1.82) is 0 Å². The number of benzene rings is 1. The molecule has 21 heavy (non-hydrogen) atoms. The number of fused-ring (bicyclic) bond motifs is 1. The van der Waals surface area contributed by atoms with Crippen LogP contribution in [0, 0.1) is 24.0 Å². The zero-order valence-electron chi connectivity index (χ0n) is 11.8. The van der Waals surface area contributed by atoms with Gasteiger partial charge in [-0.15, -0.1) is 0 Å². The molecule has 2 rings (SSSR count). The second-order valence-corrected chi connectivity index (χ2v) is 4.64. The molecule has 0 spiro atoms. The molecule has 1 heterocycles. The molecule has 1 aromatic heterocycles. The summed E-state index contributed by atoms with van der Waals surface area (Å²) in [6.07, 6.45) is -0.234. The molecule has 0 N–H and O–H groups in total. The quantitative estimate of drug-likeness (QED) is 0.371. The fraction of sp³-hybridized carbons (Fsp3) is 0.286. The minimum Gasteiger partial charge on any atom is -0.469 e. The zero-order chi connectivity index (χ0) is 15.7. The van der Waals surface area contributed by atoms with Crippen molar-refractivity contribution in [2.45, 2.75) is 20.3 Å². The normalized spacial score (nSPS) is 10.6. The average Bonchev–Trinajstić information content (AvgIpc) is 2.40. The highest BCUT2D eigenvalue weighted by Crippen LogP contribution is 2.33. The summed E-state index contributed by atoms with van der Waals surface area (Å²) in [5.74, 6) is -0.588. The molecule has 0 saturated carbocycles. The van der Waals surface area contributed by atoms with E-state index in [4.69, 9.17) is 4.42 Å². The molecule has 0 saturated heterocycles. The number of ether oxygens (including phenoxy) is 1. The largest absolute Gasteiger partial charge is 0.469 e. The highest BCUT2D eigenvalue weighted by Gasteiger charge is 2.24. The first-order chi connectivity index (χ1) is 9.85. The van der Waals surface area contributed by atoms with Crippen LogP contribution in [0.5, 0.6) is 0 Å². The van der Waals surface area contributed by atoms with Crippen LogP contribution in [0.15, 0.2) is 21.3 Å². The number of aryl methyl sites for hydroxylation is 1. The van der Waals surface area contributed by atoms with Gasteiger partial charge in [-0.25, -0.2) is 4.79 Å². The number of rotatable bonds is 3. The van der Waals surface area contributed by atoms with Gasteiger partial charge in [-0.05, 0) is 31.0 Å². The molecule has 0 amide bonds. The van der Waals surface area contributed by atoms with Crippen molar-refractivity contribution >= 4 is 22.6 Å². The van der Waals surface area contributed by atoms with Crippen molar-refractivity contribution in [2.24, 2.45) is 0 Å². The fourth-order valence-corrected chi connectivity index (χ4v) is 2.21. The van der Waals surface area contributed by atoms with Gasteiger partial charge in [0.05, 0.1) is 23.8 Å². The lowest BCUT2D eigenvalue weighted by molar-refractivity contribution is -0.383. The van der Waals surface area contributed by atoms with Gasteiger partial charge in [0.15, 0.2) is 0 Å². The first-order valence-corrected chi connectivity index (χ1v) is 6.13. The predicted molar refractivity (Wildman–Crippen MR) is 74.3 cm³/mol. The number of carbonyl (C=O) groups is 1. The fourth-order valence-electron chi connectivity index (χ4n) is 2.21. The lowest BCUT2D eigenvalue weighted by atomic mass is 9.99. The molecular weight excluding hydrogens is 278 g/mol. The lowest BCUT2D eigenvalue weighted by Crippen LogP contribution is -2.10. The number of carbonyl (C=O) groups excluding carboxylic acids is 1. The Morgan fingerprint density at radius 2 is 2.05 bits per heavy atom. The number of esters is 1. The summed E-state index contributed by atoms with van der Waals surface area (Å²) in [7, 11) is 1.21. The van der Waals surface area contributed by atoms with Crippen molar-refractivity contribution in [3.05, 3.63) is 49.4 Å². The van der Waals surface area contributed by atoms with Gasteiger partial charge >= 0.3 is 11.6 Å². The molecule has 2 aromatic rings. The average molecular weight is 291 g/mol. The standard InChI is InChI=1S/C14H13NO6/c1-7-4-10-13(14(8(7)2)15(18)19)9(5-11(16)20-3)6-12(17)21-10/h4,6H,5H2,1-3H3. The summed E-state index contributed by atoms with van der Waals surface area (Å²) in [6.45, 7) is 3.30. The molecular formula is C14H13NO6. The van der Waals surface area contributed by atoms with Gasteiger partial charge in [0.25, 0.3) is 5.69 Å². The monoisotopic (exact) mass is 291 g/mol. The van der Waals surface area contributed by atoms with E-state index >= 15 is 0 Å². The summed E-state index contributed by atoms with van der Waals surface area (Å²) in [5.41, 5.74) is 0.589. The van der Waals surface area contributed by atoms with Crippen molar-refractivity contribution in [2.75, 3.05) is 7.11 Å². The summed E-state index contributed by atoms with van der Waals surface area (Å²) in [4.78, 5) is 33.8. The van der Waals surface area contributed by atoms with E-state index in [1.165, 1.54) is 7.11 Å². The molecule has 0 aliphatic rings. The Labute approximate surface area is 119 Å². The molecule has 110 valence electrons. The summed E-state index contributed by atoms with van der Waals surface area (Å²) < 4.78 is 9.59. The Kier molecular flexibility index (Phi) is 3.75. The molecule has 1 aromatic carbocycles. The maximum absolute atomic E-state index is 11.6. The minimum absolute atomic E-state index is 0.0937. The molecule has 0 aliphatic carbocycles. The van der Waals surface area contributed by atoms with Crippen molar-refractivity contribution in [3.63, 3.8) is 0 Å². The third-order valence-electron chi connectivity index (χ3n) is 3.35. The minimum atomic E-state index is -0.668. The number of hydrogen-bond donors (Lipinski definition) is 0. The number of nitro groups is 1. The van der Waals surface area contributed by atoms with Gasteiger partial charge in [-0.1, -0.05) is 0 Å². The van der Waals surface area contributed by atoms with Gasteiger partial charge < -0.3 is 9.15 Å². The van der Waals surface area contributed by atoms with Crippen LogP contribution in [-0.4, -0.2) is 18.0 Å². The molecule has 0 fully saturated rings. The van der Waals surface area contributed by atoms with Gasteiger partial charge in [0.1, 0.15) is 5.58 Å². The van der Waals surface area contributed by atoms with Crippen LogP contribution in [-0.2, 0) is 16.0 Å². The Morgan fingerprint density at radius 1 is 1.38 bits per heavy atom. The molecule has 0 radical (unpaired) electrons. The van der Waals surface area contributed by atoms with Gasteiger partial charge in [-0.2, -0.15) is 0 Å². The van der Waals surface area contributed by atoms with Crippen LogP contribution >= 0.6 is 0 Å². The van der Waals surface area contributed by atoms with Crippen LogP contribution < -0.4 is 5.63 Å². The van der Waals surface area contributed by atoms with E-state index in [0.717, 1.165) is 6.07 Å². The SMILES string of the molecule is COC(=O)Cc1cc(=O)oc2cc(C)c(C)c([N+](=O)[O-])c12. The molecule has 0 atom stereocenters. The Hall–Kier alpha value is -2.70. The molecule has 7 heteroatoms. The van der Waals surface area contributed by atoms with Gasteiger partial charge in [0.2, 0.25) is 0 Å². The highest BCUT2D eigenvalue weighted by atomic mass is 16.6. The van der Waals surface area contributed by atoms with E-state index in [-0.39, 0.29) is 28.6 Å². The van der Waals surface area contributed by atoms with E-state index in [2.05, 4.69) is 4.74 Å². The zero-order valence-corrected chi connectivity index (χ0v) is 11.8. The summed E-state index contributed by atoms with van der Waals surface area (Å²) in [6, 6.07) is 2.64. The van der Waals surface area contributed by atoms with E-state index in [9.17, 15) is 19.7 Å². The second kappa shape index (κ2) is 5.35. The summed E-state index contributed by atoms with van der Waals surface area (Å²) in [5, 5.41) is 11.5. The summed E-state index contributed by atoms with van der Waals surface area (Å²) >= 11 is 0. The first kappa shape index (κ1) is 14.7. The van der Waals surface area contributed by atoms with E-state index in [0.29, 0.717) is 11.1 Å². The molecule has 0 aliphatic heterocycles. The van der Waals surface area contributed by atoms with Crippen LogP contribution in [0.4, 0.5) is 5.69 Å². The smallest absolute Gasteiger partial charge is 0.336 e. The maximum Gasteiger partial charge on any atom is 0.336 e. The maximum atomic E-state index is 11.6. The number of hydrogen-bond acceptors (Lipinski definition) is 6. The highest BCUT2D eigenvalue weighted by molar-refractivity contribution is 5.94. The van der Waals surface area contributed by atoms with Gasteiger partial charge in [0, 0.05) is 11.6 Å². The predicted octanol–water partition coefficient (Wildman–Crippen LogP) is 2.03. The van der Waals surface area contributed by atoms with Crippen molar-refractivity contribution in [1.82, 2.24) is 0 Å². The topological polar surface area (TPSA) is 99.7 Å². The van der Waals surface area contributed by atoms with E-state index < -0.39 is 16.5 Å². The van der Waals surface area contributed by atoms with Crippen LogP contribution in [0.3, 0.4) is 0 Å². The number of methoxy groups -OCH3 is 1. The van der Waals surface area contributed by atoms with E-state index in [1.807, 2.05) is 0 Å². The van der Waals surface area contributed by atoms with Gasteiger partial charge in [-0.3, -0.25) is 14.9 Å². The van der Waals surface area contributed by atoms with Crippen molar-refractivity contribution in [3.8, 4) is 0 Å². The second-order valence-electron chi connectivity index (χ2n) is 4.64. The van der Waals surface area contributed by atoms with Crippen LogP contribution in [0.25, 0.3) is 11.0 Å². The molecule has 7 nitrogen and oxygen atoms in total. The number of nitrogens with zero attached hydrogens (tertiary/aromatic N) is 1. The van der Waals surface area contributed by atoms with E-state index in [1.54, 1.807) is 19.9 Å². The third kappa shape index (κ3) is 2.62. The van der Waals surface area contributed by atoms with Crippen LogP contribution in [0.1, 0.15) is 16.7 Å². The van der Waals surface area contributed by atoms with Crippen LogP contribution in [0.2, 0.25) is 0 Å². The molecule has 0 bridgehead atoms. The first-order valence-electron chi connectivity index (χ1n) is 6.13. The Bertz CT molecular complexity index is 805. The Morgan fingerprint density at radius 3 is 2.62 bits per heavy atom. The number of nitro benzene ring substituents is 1.